The zero-order valence-corrected chi connectivity index (χ0v) is 13.3. The van der Waals surface area contributed by atoms with E-state index in [1.165, 1.54) is 0 Å². The van der Waals surface area contributed by atoms with E-state index in [0.717, 1.165) is 5.56 Å². The zero-order chi connectivity index (χ0) is 15.9. The number of hydrogen-bond acceptors (Lipinski definition) is 6. The molecule has 0 saturated carbocycles. The summed E-state index contributed by atoms with van der Waals surface area (Å²) in [6.07, 6.45) is 1.65. The van der Waals surface area contributed by atoms with Crippen molar-refractivity contribution in [2.45, 2.75) is 20.0 Å². The molecule has 8 heteroatoms. The number of rotatable bonds is 8. The van der Waals surface area contributed by atoms with Gasteiger partial charge in [-0.15, -0.1) is 0 Å². The highest BCUT2D eigenvalue weighted by Crippen LogP contribution is 2.36. The molecule has 0 aliphatic heterocycles. The van der Waals surface area contributed by atoms with Gasteiger partial charge < -0.3 is 14.8 Å². The minimum atomic E-state index is 0.360. The number of halogens is 1. The van der Waals surface area contributed by atoms with Crippen LogP contribution in [0.4, 0.5) is 5.95 Å². The van der Waals surface area contributed by atoms with Gasteiger partial charge in [0.1, 0.15) is 6.61 Å². The molecule has 0 saturated heterocycles. The summed E-state index contributed by atoms with van der Waals surface area (Å²) in [4.78, 5) is 0. The van der Waals surface area contributed by atoms with Crippen LogP contribution < -0.4 is 14.8 Å². The van der Waals surface area contributed by atoms with Crippen LogP contribution in [0.1, 0.15) is 12.5 Å². The second-order valence-electron chi connectivity index (χ2n) is 4.38. The second-order valence-corrected chi connectivity index (χ2v) is 4.79. The van der Waals surface area contributed by atoms with E-state index in [1.807, 2.05) is 19.1 Å². The quantitative estimate of drug-likeness (QED) is 0.752. The average Bonchev–Trinajstić information content (AvgIpc) is 2.98. The van der Waals surface area contributed by atoms with Gasteiger partial charge in [-0.3, -0.25) is 0 Å². The summed E-state index contributed by atoms with van der Waals surface area (Å²) in [5.41, 5.74) is 0.929. The van der Waals surface area contributed by atoms with Crippen molar-refractivity contribution in [3.8, 4) is 11.5 Å². The first kappa shape index (κ1) is 16.1. The molecule has 1 heterocycles. The molecule has 0 aliphatic carbocycles. The molecular weight excluding hydrogens is 306 g/mol. The molecule has 1 aromatic heterocycles. The number of tetrazole rings is 1. The predicted octanol–water partition coefficient (Wildman–Crippen LogP) is 2.53. The normalized spacial score (nSPS) is 10.3. The van der Waals surface area contributed by atoms with Gasteiger partial charge in [0.05, 0.1) is 12.1 Å². The Balaban J connectivity index is 2.14. The number of anilines is 1. The van der Waals surface area contributed by atoms with Crippen molar-refractivity contribution in [1.82, 2.24) is 20.2 Å². The fourth-order valence-electron chi connectivity index (χ4n) is 1.88. The molecule has 118 valence electrons. The first-order chi connectivity index (χ1) is 10.7. The summed E-state index contributed by atoms with van der Waals surface area (Å²) in [7, 11) is 1.57. The third-order valence-corrected chi connectivity index (χ3v) is 3.20. The van der Waals surface area contributed by atoms with Gasteiger partial charge in [-0.25, -0.2) is 4.68 Å². The Labute approximate surface area is 133 Å². The number of aryl methyl sites for hydroxylation is 1. The van der Waals surface area contributed by atoms with Crippen molar-refractivity contribution >= 4 is 17.5 Å². The molecule has 0 unspecified atom stereocenters. The lowest BCUT2D eigenvalue weighted by Gasteiger charge is -2.13. The molecule has 0 radical (unpaired) electrons. The van der Waals surface area contributed by atoms with E-state index in [1.54, 1.807) is 17.9 Å². The zero-order valence-electron chi connectivity index (χ0n) is 12.5. The Bertz CT molecular complexity index is 644. The smallest absolute Gasteiger partial charge is 0.243 e. The highest BCUT2D eigenvalue weighted by molar-refractivity contribution is 6.32. The van der Waals surface area contributed by atoms with Gasteiger partial charge >= 0.3 is 0 Å². The maximum Gasteiger partial charge on any atom is 0.243 e. The standard InChI is InChI=1S/C14H18ClN5O2/c1-4-6-22-13-11(15)7-10(8-12(13)21-3)9-16-14-17-18-19-20(14)5-2/h4,7-8H,1,5-6,9H2,2-3H3,(H,16,17,19). The largest absolute Gasteiger partial charge is 0.493 e. The van der Waals surface area contributed by atoms with E-state index in [0.29, 0.717) is 42.2 Å². The summed E-state index contributed by atoms with van der Waals surface area (Å²) in [5, 5.41) is 15.0. The molecule has 0 bridgehead atoms. The molecule has 1 aromatic carbocycles. The molecule has 0 amide bonds. The van der Waals surface area contributed by atoms with Crippen molar-refractivity contribution in [3.63, 3.8) is 0 Å². The van der Waals surface area contributed by atoms with Crippen molar-refractivity contribution in [2.75, 3.05) is 19.0 Å². The molecule has 7 nitrogen and oxygen atoms in total. The Morgan fingerprint density at radius 2 is 2.27 bits per heavy atom. The minimum absolute atomic E-state index is 0.360. The van der Waals surface area contributed by atoms with E-state index >= 15 is 0 Å². The van der Waals surface area contributed by atoms with E-state index in [2.05, 4.69) is 27.4 Å². The van der Waals surface area contributed by atoms with Crippen molar-refractivity contribution < 1.29 is 9.47 Å². The lowest BCUT2D eigenvalue weighted by Crippen LogP contribution is -2.08. The Morgan fingerprint density at radius 1 is 1.45 bits per heavy atom. The average molecular weight is 324 g/mol. The second kappa shape index (κ2) is 7.65. The molecule has 0 fully saturated rings. The lowest BCUT2D eigenvalue weighted by atomic mass is 10.2. The topological polar surface area (TPSA) is 74.1 Å². The minimum Gasteiger partial charge on any atom is -0.493 e. The van der Waals surface area contributed by atoms with E-state index in [9.17, 15) is 0 Å². The Hall–Kier alpha value is -2.28. The summed E-state index contributed by atoms with van der Waals surface area (Å²) in [5.74, 6) is 1.68. The highest BCUT2D eigenvalue weighted by atomic mass is 35.5. The van der Waals surface area contributed by atoms with Gasteiger partial charge in [0, 0.05) is 13.1 Å². The number of hydrogen-bond donors (Lipinski definition) is 1. The van der Waals surface area contributed by atoms with Gasteiger partial charge in [0.2, 0.25) is 5.95 Å². The van der Waals surface area contributed by atoms with Crippen LogP contribution in [0.3, 0.4) is 0 Å². The van der Waals surface area contributed by atoms with Crippen LogP contribution in [0, 0.1) is 0 Å². The van der Waals surface area contributed by atoms with E-state index in [-0.39, 0.29) is 0 Å². The fourth-order valence-corrected chi connectivity index (χ4v) is 2.17. The van der Waals surface area contributed by atoms with Gasteiger partial charge in [0.15, 0.2) is 11.5 Å². The fraction of sp³-hybridized carbons (Fsp3) is 0.357. The third kappa shape index (κ3) is 3.67. The van der Waals surface area contributed by atoms with Crippen LogP contribution >= 0.6 is 11.6 Å². The molecule has 2 aromatic rings. The first-order valence-electron chi connectivity index (χ1n) is 6.79. The number of aromatic nitrogens is 4. The summed E-state index contributed by atoms with van der Waals surface area (Å²) >= 11 is 6.26. The van der Waals surface area contributed by atoms with Crippen molar-refractivity contribution in [3.05, 3.63) is 35.4 Å². The molecular formula is C14H18ClN5O2. The summed E-state index contributed by atoms with van der Waals surface area (Å²) < 4.78 is 12.5. The van der Waals surface area contributed by atoms with Gasteiger partial charge in [-0.2, -0.15) is 0 Å². The number of ether oxygens (including phenoxy) is 2. The molecule has 2 rings (SSSR count). The number of nitrogens with one attached hydrogen (secondary N) is 1. The van der Waals surface area contributed by atoms with Crippen LogP contribution in [-0.4, -0.2) is 33.9 Å². The highest BCUT2D eigenvalue weighted by Gasteiger charge is 2.12. The summed E-state index contributed by atoms with van der Waals surface area (Å²) in [6.45, 7) is 7.14. The monoisotopic (exact) mass is 323 g/mol. The molecule has 22 heavy (non-hydrogen) atoms. The van der Waals surface area contributed by atoms with Crippen molar-refractivity contribution in [2.24, 2.45) is 0 Å². The van der Waals surface area contributed by atoms with Gasteiger partial charge in [0.25, 0.3) is 0 Å². The van der Waals surface area contributed by atoms with Crippen LogP contribution in [0.5, 0.6) is 11.5 Å². The number of nitrogens with zero attached hydrogens (tertiary/aromatic N) is 4. The van der Waals surface area contributed by atoms with Crippen LogP contribution in [0.25, 0.3) is 0 Å². The SMILES string of the molecule is C=CCOc1c(Cl)cc(CNc2nnnn2CC)cc1OC. The van der Waals surface area contributed by atoms with Gasteiger partial charge in [-0.05, 0) is 35.0 Å². The maximum absolute atomic E-state index is 6.26. The Morgan fingerprint density at radius 3 is 2.95 bits per heavy atom. The lowest BCUT2D eigenvalue weighted by molar-refractivity contribution is 0.326. The van der Waals surface area contributed by atoms with Crippen LogP contribution in [0.15, 0.2) is 24.8 Å². The summed E-state index contributed by atoms with van der Waals surface area (Å²) in [6, 6.07) is 3.67. The van der Waals surface area contributed by atoms with E-state index in [4.69, 9.17) is 21.1 Å². The molecule has 0 atom stereocenters. The molecule has 0 aliphatic rings. The third-order valence-electron chi connectivity index (χ3n) is 2.92. The number of methoxy groups -OCH3 is 1. The Kier molecular flexibility index (Phi) is 5.60. The van der Waals surface area contributed by atoms with Gasteiger partial charge in [-0.1, -0.05) is 29.4 Å². The number of benzene rings is 1. The van der Waals surface area contributed by atoms with Crippen LogP contribution in [-0.2, 0) is 13.1 Å². The first-order valence-corrected chi connectivity index (χ1v) is 7.17. The molecule has 0 spiro atoms. The van der Waals surface area contributed by atoms with E-state index < -0.39 is 0 Å². The van der Waals surface area contributed by atoms with Crippen molar-refractivity contribution in [1.29, 1.82) is 0 Å². The maximum atomic E-state index is 6.26. The molecule has 1 N–H and O–H groups in total. The predicted molar refractivity (Wildman–Crippen MR) is 84.5 cm³/mol. The van der Waals surface area contributed by atoms with Crippen LogP contribution in [0.2, 0.25) is 5.02 Å².